The van der Waals surface area contributed by atoms with Crippen LogP contribution in [-0.4, -0.2) is 67.6 Å². The Balaban J connectivity index is 1.06. The van der Waals surface area contributed by atoms with Gasteiger partial charge in [-0.1, -0.05) is 29.8 Å². The van der Waals surface area contributed by atoms with Crippen molar-refractivity contribution in [1.29, 1.82) is 0 Å². The maximum Gasteiger partial charge on any atom is 0.322 e. The van der Waals surface area contributed by atoms with E-state index in [4.69, 9.17) is 16.0 Å². The molecular weight excluding hydrogens is 506 g/mol. The van der Waals surface area contributed by atoms with Gasteiger partial charge in [0.25, 0.3) is 0 Å². The second-order valence-electron chi connectivity index (χ2n) is 9.51. The number of aromatic nitrogens is 4. The molecule has 2 aliphatic heterocycles. The Morgan fingerprint density at radius 2 is 1.89 bits per heavy atom. The molecule has 0 atom stereocenters. The second kappa shape index (κ2) is 10.3. The third kappa shape index (κ3) is 4.99. The molecule has 0 aliphatic carbocycles. The van der Waals surface area contributed by atoms with Crippen molar-refractivity contribution in [2.45, 2.75) is 31.7 Å². The van der Waals surface area contributed by atoms with E-state index >= 15 is 0 Å². The first-order valence-electron chi connectivity index (χ1n) is 12.6. The molecule has 2 aliphatic rings. The molecule has 0 saturated carbocycles. The van der Waals surface area contributed by atoms with Crippen LogP contribution in [0.25, 0.3) is 22.7 Å². The number of carbonyl (C=O) groups excluding carboxylic acids is 2. The van der Waals surface area contributed by atoms with E-state index in [0.717, 1.165) is 41.8 Å². The number of carbonyl (C=O) groups is 2. The maximum absolute atomic E-state index is 13.0. The van der Waals surface area contributed by atoms with E-state index in [1.54, 1.807) is 23.5 Å². The quantitative estimate of drug-likeness (QED) is 0.394. The van der Waals surface area contributed by atoms with Gasteiger partial charge in [0.05, 0.1) is 18.2 Å². The van der Waals surface area contributed by atoms with Gasteiger partial charge in [-0.25, -0.2) is 9.78 Å². The van der Waals surface area contributed by atoms with E-state index in [-0.39, 0.29) is 30.3 Å². The fourth-order valence-electron chi connectivity index (χ4n) is 5.13. The van der Waals surface area contributed by atoms with Gasteiger partial charge in [0.1, 0.15) is 6.42 Å². The van der Waals surface area contributed by atoms with Gasteiger partial charge in [-0.2, -0.15) is 0 Å². The monoisotopic (exact) mass is 531 g/mol. The van der Waals surface area contributed by atoms with Crippen LogP contribution in [0.3, 0.4) is 0 Å². The van der Waals surface area contributed by atoms with Crippen molar-refractivity contribution < 1.29 is 14.0 Å². The van der Waals surface area contributed by atoms with Crippen LogP contribution in [0.15, 0.2) is 59.4 Å². The molecule has 2 aromatic heterocycles. The lowest BCUT2D eigenvalue weighted by Crippen LogP contribution is -2.50. The summed E-state index contributed by atoms with van der Waals surface area (Å²) in [5.41, 5.74) is 4.33. The van der Waals surface area contributed by atoms with Crippen LogP contribution in [0, 0.1) is 0 Å². The van der Waals surface area contributed by atoms with Crippen molar-refractivity contribution >= 4 is 29.2 Å². The number of para-hydroxylation sites is 1. The van der Waals surface area contributed by atoms with Crippen LogP contribution in [0.2, 0.25) is 5.02 Å². The van der Waals surface area contributed by atoms with Crippen LogP contribution in [0.4, 0.5) is 10.5 Å². The van der Waals surface area contributed by atoms with E-state index < -0.39 is 0 Å². The second-order valence-corrected chi connectivity index (χ2v) is 9.95. The number of hydrogen-bond acceptors (Lipinski definition) is 6. The number of nitrogens with one attached hydrogen (secondary N) is 2. The number of imidazole rings is 1. The lowest BCUT2D eigenvalue weighted by molar-refractivity contribution is -0.132. The molecule has 2 aromatic carbocycles. The largest absolute Gasteiger partial charge is 0.420 e. The number of benzene rings is 2. The lowest BCUT2D eigenvalue weighted by Gasteiger charge is -2.37. The summed E-state index contributed by atoms with van der Waals surface area (Å²) in [6.07, 6.45) is 5.58. The molecule has 2 N–H and O–H groups in total. The molecule has 0 radical (unpaired) electrons. The summed E-state index contributed by atoms with van der Waals surface area (Å²) in [6, 6.07) is 13.4. The number of likely N-dealkylation sites (tertiary alicyclic amines) is 1. The number of piperidine rings is 1. The minimum Gasteiger partial charge on any atom is -0.420 e. The molecule has 1 saturated heterocycles. The highest BCUT2D eigenvalue weighted by molar-refractivity contribution is 6.31. The first kappa shape index (κ1) is 24.2. The van der Waals surface area contributed by atoms with Crippen LogP contribution >= 0.6 is 11.6 Å². The Kier molecular flexibility index (Phi) is 6.55. The molecule has 3 amide bonds. The van der Waals surface area contributed by atoms with Gasteiger partial charge in [-0.3, -0.25) is 4.79 Å². The normalized spacial score (nSPS) is 16.2. The molecular formula is C27H26ClN7O3. The van der Waals surface area contributed by atoms with E-state index in [0.29, 0.717) is 36.1 Å². The van der Waals surface area contributed by atoms with Gasteiger partial charge in [-0.15, -0.1) is 10.2 Å². The van der Waals surface area contributed by atoms with Crippen LogP contribution in [0.5, 0.6) is 0 Å². The molecule has 38 heavy (non-hydrogen) atoms. The molecule has 194 valence electrons. The topological polar surface area (TPSA) is 120 Å². The SMILES string of the molecule is O=C(Cc1nnc(-c2cc(Cl)cc(-c3cnc[nH]3)c2)o1)N1CCC(N2CCc3ccccc3NC2=O)CC1. The van der Waals surface area contributed by atoms with Gasteiger partial charge < -0.3 is 24.5 Å². The Morgan fingerprint density at radius 1 is 1.08 bits per heavy atom. The minimum absolute atomic E-state index is 0.0190. The first-order chi connectivity index (χ1) is 18.5. The number of fused-ring (bicyclic) bond motifs is 1. The van der Waals surface area contributed by atoms with Crippen molar-refractivity contribution in [1.82, 2.24) is 30.0 Å². The summed E-state index contributed by atoms with van der Waals surface area (Å²) in [7, 11) is 0. The van der Waals surface area contributed by atoms with Crippen molar-refractivity contribution in [3.63, 3.8) is 0 Å². The maximum atomic E-state index is 13.0. The average molecular weight is 532 g/mol. The summed E-state index contributed by atoms with van der Waals surface area (Å²) >= 11 is 6.31. The van der Waals surface area contributed by atoms with Gasteiger partial charge in [0, 0.05) is 47.5 Å². The summed E-state index contributed by atoms with van der Waals surface area (Å²) < 4.78 is 5.82. The first-order valence-corrected chi connectivity index (χ1v) is 13.0. The van der Waals surface area contributed by atoms with Gasteiger partial charge in [-0.05, 0) is 49.1 Å². The Labute approximate surface area is 224 Å². The van der Waals surface area contributed by atoms with Crippen molar-refractivity contribution in [3.05, 3.63) is 71.5 Å². The van der Waals surface area contributed by atoms with Crippen LogP contribution in [0.1, 0.15) is 24.3 Å². The highest BCUT2D eigenvalue weighted by Gasteiger charge is 2.31. The number of nitrogens with zero attached hydrogens (tertiary/aromatic N) is 5. The van der Waals surface area contributed by atoms with Crippen molar-refractivity contribution in [2.75, 3.05) is 25.0 Å². The zero-order valence-electron chi connectivity index (χ0n) is 20.6. The predicted octanol–water partition coefficient (Wildman–Crippen LogP) is 4.40. The smallest absolute Gasteiger partial charge is 0.322 e. The molecule has 11 heteroatoms. The third-order valence-corrected chi connectivity index (χ3v) is 7.34. The molecule has 10 nitrogen and oxygen atoms in total. The number of anilines is 1. The molecule has 1 fully saturated rings. The fourth-order valence-corrected chi connectivity index (χ4v) is 5.37. The average Bonchev–Trinajstić information content (AvgIpc) is 3.60. The number of hydrogen-bond donors (Lipinski definition) is 2. The fraction of sp³-hybridized carbons (Fsp3) is 0.296. The zero-order valence-corrected chi connectivity index (χ0v) is 21.3. The van der Waals surface area contributed by atoms with E-state index in [1.165, 1.54) is 0 Å². The summed E-state index contributed by atoms with van der Waals surface area (Å²) in [6.45, 7) is 1.81. The lowest BCUT2D eigenvalue weighted by atomic mass is 10.0. The summed E-state index contributed by atoms with van der Waals surface area (Å²) in [5.74, 6) is 0.471. The number of aromatic amines is 1. The van der Waals surface area contributed by atoms with Crippen LogP contribution < -0.4 is 5.32 Å². The molecule has 0 bridgehead atoms. The standard InChI is InChI=1S/C27H26ClN7O3/c28-20-12-18(23-15-29-16-30-23)11-19(13-20)26-33-32-24(38-26)14-25(36)34-8-6-21(7-9-34)35-10-5-17-3-1-2-4-22(17)31-27(35)37/h1-4,11-13,15-16,21H,5-10,14H2,(H,29,30)(H,31,37). The number of amides is 3. The van der Waals surface area contributed by atoms with E-state index in [2.05, 4.69) is 25.5 Å². The number of halogens is 1. The highest BCUT2D eigenvalue weighted by atomic mass is 35.5. The zero-order chi connectivity index (χ0) is 26.1. The highest BCUT2D eigenvalue weighted by Crippen LogP contribution is 2.29. The number of H-pyrrole nitrogens is 1. The van der Waals surface area contributed by atoms with E-state index in [9.17, 15) is 9.59 Å². The Bertz CT molecular complexity index is 1460. The van der Waals surface area contributed by atoms with Gasteiger partial charge in [0.15, 0.2) is 0 Å². The van der Waals surface area contributed by atoms with Crippen molar-refractivity contribution in [3.8, 4) is 22.7 Å². The Hall–Kier alpha value is -4.18. The van der Waals surface area contributed by atoms with Gasteiger partial charge in [0.2, 0.25) is 17.7 Å². The molecule has 6 rings (SSSR count). The Morgan fingerprint density at radius 3 is 2.71 bits per heavy atom. The molecule has 4 aromatic rings. The van der Waals surface area contributed by atoms with Crippen molar-refractivity contribution in [2.24, 2.45) is 0 Å². The predicted molar refractivity (Wildman–Crippen MR) is 142 cm³/mol. The molecule has 0 spiro atoms. The van der Waals surface area contributed by atoms with E-state index in [1.807, 2.05) is 41.3 Å². The minimum atomic E-state index is -0.0742. The summed E-state index contributed by atoms with van der Waals surface area (Å²) in [5, 5.41) is 11.8. The molecule has 4 heterocycles. The number of rotatable bonds is 5. The molecule has 0 unspecified atom stereocenters. The summed E-state index contributed by atoms with van der Waals surface area (Å²) in [4.78, 5) is 36.7. The van der Waals surface area contributed by atoms with Gasteiger partial charge >= 0.3 is 6.03 Å². The van der Waals surface area contributed by atoms with Crippen LogP contribution in [-0.2, 0) is 17.6 Å². The number of urea groups is 1. The third-order valence-electron chi connectivity index (χ3n) is 7.12.